The fourth-order valence-corrected chi connectivity index (χ4v) is 5.60. The predicted molar refractivity (Wildman–Crippen MR) is 143 cm³/mol. The number of carboxylic acid groups (broad SMARTS) is 1. The number of rotatable bonds is 13. The van der Waals surface area contributed by atoms with Crippen molar-refractivity contribution in [2.24, 2.45) is 0 Å². The lowest BCUT2D eigenvalue weighted by Gasteiger charge is -2.14. The van der Waals surface area contributed by atoms with E-state index in [1.807, 2.05) is 0 Å². The zero-order valence-corrected chi connectivity index (χ0v) is 21.9. The molecule has 1 aliphatic heterocycles. The summed E-state index contributed by atoms with van der Waals surface area (Å²) in [4.78, 5) is 25.5. The van der Waals surface area contributed by atoms with Gasteiger partial charge < -0.3 is 9.52 Å². The lowest BCUT2D eigenvalue weighted by atomic mass is 10.1. The van der Waals surface area contributed by atoms with Crippen LogP contribution in [0.15, 0.2) is 39.7 Å². The molecule has 1 N–H and O–H groups in total. The Morgan fingerprint density at radius 3 is 2.26 bits per heavy atom. The fourth-order valence-electron chi connectivity index (χ4n) is 3.73. The maximum absolute atomic E-state index is 12.8. The number of unbranched alkanes of at least 4 members (excludes halogenated alkanes) is 7. The Labute approximate surface area is 219 Å². The first kappa shape index (κ1) is 26.8. The molecule has 1 fully saturated rings. The van der Waals surface area contributed by atoms with Crippen LogP contribution < -0.4 is 0 Å². The van der Waals surface area contributed by atoms with Gasteiger partial charge >= 0.3 is 5.97 Å². The molecule has 0 aliphatic carbocycles. The maximum atomic E-state index is 12.8. The van der Waals surface area contributed by atoms with Gasteiger partial charge in [-0.25, -0.2) is 0 Å². The third kappa shape index (κ3) is 7.60. The zero-order valence-electron chi connectivity index (χ0n) is 18.7. The van der Waals surface area contributed by atoms with E-state index < -0.39 is 5.97 Å². The monoisotopic (exact) mass is 539 g/mol. The van der Waals surface area contributed by atoms with Gasteiger partial charge in [0.05, 0.1) is 20.5 Å². The quantitative estimate of drug-likeness (QED) is 0.157. The third-order valence-corrected chi connectivity index (χ3v) is 7.51. The Morgan fingerprint density at radius 1 is 1.00 bits per heavy atom. The summed E-state index contributed by atoms with van der Waals surface area (Å²) in [5.74, 6) is 0.262. The number of hydrogen-bond acceptors (Lipinski definition) is 5. The van der Waals surface area contributed by atoms with Crippen LogP contribution in [0.4, 0.5) is 0 Å². The minimum atomic E-state index is -0.721. The summed E-state index contributed by atoms with van der Waals surface area (Å²) >= 11 is 19.2. The van der Waals surface area contributed by atoms with E-state index in [0.717, 1.165) is 51.4 Å². The fraction of sp³-hybridized carbons (Fsp3) is 0.400. The van der Waals surface area contributed by atoms with Crippen molar-refractivity contribution < 1.29 is 19.1 Å². The lowest BCUT2D eigenvalue weighted by Crippen LogP contribution is -2.29. The molecule has 2 heterocycles. The summed E-state index contributed by atoms with van der Waals surface area (Å²) in [6, 6.07) is 8.83. The number of carboxylic acids is 1. The Bertz CT molecular complexity index is 1050. The van der Waals surface area contributed by atoms with E-state index in [2.05, 4.69) is 0 Å². The van der Waals surface area contributed by atoms with Crippen LogP contribution in [0.1, 0.15) is 63.5 Å². The highest BCUT2D eigenvalue weighted by Crippen LogP contribution is 2.37. The number of aliphatic carboxylic acids is 1. The van der Waals surface area contributed by atoms with Gasteiger partial charge in [-0.1, -0.05) is 91.8 Å². The highest BCUT2D eigenvalue weighted by molar-refractivity contribution is 8.26. The van der Waals surface area contributed by atoms with E-state index in [1.54, 1.807) is 41.3 Å². The number of halogens is 2. The van der Waals surface area contributed by atoms with Gasteiger partial charge in [0.25, 0.3) is 5.91 Å². The molecule has 182 valence electrons. The number of furan rings is 1. The van der Waals surface area contributed by atoms with E-state index in [-0.39, 0.29) is 12.3 Å². The van der Waals surface area contributed by atoms with Crippen LogP contribution in [-0.2, 0) is 9.59 Å². The van der Waals surface area contributed by atoms with Gasteiger partial charge in [0, 0.05) is 19.0 Å². The van der Waals surface area contributed by atoms with Crippen molar-refractivity contribution in [1.82, 2.24) is 4.90 Å². The predicted octanol–water partition coefficient (Wildman–Crippen LogP) is 8.05. The van der Waals surface area contributed by atoms with Gasteiger partial charge in [0.15, 0.2) is 0 Å². The Hall–Kier alpha value is -1.80. The van der Waals surface area contributed by atoms with Crippen molar-refractivity contribution in [2.75, 3.05) is 6.54 Å². The number of carbonyl (C=O) groups is 2. The highest BCUT2D eigenvalue weighted by Gasteiger charge is 2.31. The molecule has 2 aromatic rings. The van der Waals surface area contributed by atoms with Crippen LogP contribution in [0.5, 0.6) is 0 Å². The van der Waals surface area contributed by atoms with Gasteiger partial charge in [-0.3, -0.25) is 14.5 Å². The van der Waals surface area contributed by atoms with Crippen LogP contribution in [0, 0.1) is 0 Å². The van der Waals surface area contributed by atoms with Crippen LogP contribution in [0.3, 0.4) is 0 Å². The molecule has 1 saturated heterocycles. The molecule has 5 nitrogen and oxygen atoms in total. The molecule has 0 spiro atoms. The summed E-state index contributed by atoms with van der Waals surface area (Å²) in [6.07, 6.45) is 10.0. The number of amides is 1. The van der Waals surface area contributed by atoms with Crippen LogP contribution >= 0.6 is 47.2 Å². The molecular formula is C25H27Cl2NO4S2. The molecule has 0 saturated carbocycles. The van der Waals surface area contributed by atoms with E-state index in [4.69, 9.17) is 44.9 Å². The molecule has 0 radical (unpaired) electrons. The van der Waals surface area contributed by atoms with E-state index >= 15 is 0 Å². The molecule has 1 aromatic heterocycles. The number of hydrogen-bond donors (Lipinski definition) is 1. The molecule has 1 amide bonds. The SMILES string of the molecule is O=C(O)CCCCCCCCCCN1C(=O)C(=Cc2ccc(-c3c(Cl)cccc3Cl)o2)SC1=S. The second kappa shape index (κ2) is 13.3. The smallest absolute Gasteiger partial charge is 0.303 e. The van der Waals surface area contributed by atoms with Gasteiger partial charge in [-0.2, -0.15) is 0 Å². The lowest BCUT2D eigenvalue weighted by molar-refractivity contribution is -0.137. The highest BCUT2D eigenvalue weighted by atomic mass is 35.5. The van der Waals surface area contributed by atoms with E-state index in [1.165, 1.54) is 11.8 Å². The van der Waals surface area contributed by atoms with Crippen LogP contribution in [0.25, 0.3) is 17.4 Å². The van der Waals surface area contributed by atoms with E-state index in [9.17, 15) is 9.59 Å². The zero-order chi connectivity index (χ0) is 24.5. The molecule has 0 bridgehead atoms. The van der Waals surface area contributed by atoms with Crippen molar-refractivity contribution >= 4 is 69.5 Å². The number of nitrogens with zero attached hydrogens (tertiary/aromatic N) is 1. The summed E-state index contributed by atoms with van der Waals surface area (Å²) in [5.41, 5.74) is 0.623. The number of benzene rings is 1. The first-order valence-corrected chi connectivity index (χ1v) is 13.4. The standard InChI is InChI=1S/C25H27Cl2NO4S2/c26-18-10-9-11-19(27)23(18)20-14-13-17(32-20)16-21-24(31)28(25(33)34-21)15-8-6-4-2-1-3-5-7-12-22(29)30/h9-11,13-14,16H,1-8,12,15H2,(H,29,30). The molecule has 0 atom stereocenters. The van der Waals surface area contributed by atoms with Crippen molar-refractivity contribution in [3.63, 3.8) is 0 Å². The molecule has 0 unspecified atom stereocenters. The van der Waals surface area contributed by atoms with Gasteiger partial charge in [-0.15, -0.1) is 0 Å². The molecular weight excluding hydrogens is 513 g/mol. The molecule has 1 aliphatic rings. The average molecular weight is 541 g/mol. The van der Waals surface area contributed by atoms with Crippen molar-refractivity contribution in [3.05, 3.63) is 51.0 Å². The largest absolute Gasteiger partial charge is 0.481 e. The summed E-state index contributed by atoms with van der Waals surface area (Å²) in [6.45, 7) is 0.610. The summed E-state index contributed by atoms with van der Waals surface area (Å²) < 4.78 is 6.45. The van der Waals surface area contributed by atoms with Gasteiger partial charge in [0.2, 0.25) is 0 Å². The minimum Gasteiger partial charge on any atom is -0.481 e. The Balaban J connectivity index is 1.44. The minimum absolute atomic E-state index is 0.0952. The molecule has 34 heavy (non-hydrogen) atoms. The topological polar surface area (TPSA) is 70.8 Å². The van der Waals surface area contributed by atoms with Crippen molar-refractivity contribution in [2.45, 2.75) is 57.8 Å². The third-order valence-electron chi connectivity index (χ3n) is 5.51. The number of thioether (sulfide) groups is 1. The first-order chi connectivity index (χ1) is 16.4. The summed E-state index contributed by atoms with van der Waals surface area (Å²) in [5, 5.41) is 9.63. The first-order valence-electron chi connectivity index (χ1n) is 11.4. The van der Waals surface area contributed by atoms with Crippen LogP contribution in [0.2, 0.25) is 10.0 Å². The Morgan fingerprint density at radius 2 is 1.62 bits per heavy atom. The van der Waals surface area contributed by atoms with Gasteiger partial charge in [-0.05, 0) is 37.1 Å². The number of thiocarbonyl (C=S) groups is 1. The number of carbonyl (C=O) groups excluding carboxylic acids is 1. The van der Waals surface area contributed by atoms with Crippen molar-refractivity contribution in [1.29, 1.82) is 0 Å². The van der Waals surface area contributed by atoms with Crippen LogP contribution in [-0.4, -0.2) is 32.7 Å². The summed E-state index contributed by atoms with van der Waals surface area (Å²) in [7, 11) is 0. The molecule has 1 aromatic carbocycles. The second-order valence-corrected chi connectivity index (χ2v) is 10.6. The normalized spacial score (nSPS) is 15.0. The van der Waals surface area contributed by atoms with E-state index in [0.29, 0.717) is 42.9 Å². The average Bonchev–Trinajstić information content (AvgIpc) is 3.34. The Kier molecular flexibility index (Phi) is 10.5. The van der Waals surface area contributed by atoms with Gasteiger partial charge in [0.1, 0.15) is 15.8 Å². The molecule has 3 rings (SSSR count). The second-order valence-electron chi connectivity index (χ2n) is 8.10. The van der Waals surface area contributed by atoms with Crippen molar-refractivity contribution in [3.8, 4) is 11.3 Å². The molecule has 9 heteroatoms. The maximum Gasteiger partial charge on any atom is 0.303 e.